The number of halogens is 3. The van der Waals surface area contributed by atoms with Crippen LogP contribution in [0.15, 0.2) is 18.2 Å². The van der Waals surface area contributed by atoms with Crippen molar-refractivity contribution < 1.29 is 22.7 Å². The molecular formula is C14H18F3NO2. The maximum Gasteiger partial charge on any atom is 0.419 e. The van der Waals surface area contributed by atoms with Gasteiger partial charge in [-0.05, 0) is 24.5 Å². The van der Waals surface area contributed by atoms with Crippen LogP contribution in [0.5, 0.6) is 5.75 Å². The van der Waals surface area contributed by atoms with E-state index in [0.29, 0.717) is 12.3 Å². The number of hydrogen-bond donors (Lipinski definition) is 1. The smallest absolute Gasteiger partial charge is 0.419 e. The zero-order chi connectivity index (χ0) is 15.3. The van der Waals surface area contributed by atoms with Gasteiger partial charge in [-0.1, -0.05) is 20.3 Å². The van der Waals surface area contributed by atoms with Crippen LogP contribution in [0.4, 0.5) is 18.9 Å². The van der Waals surface area contributed by atoms with Gasteiger partial charge in [0, 0.05) is 18.2 Å². The van der Waals surface area contributed by atoms with Gasteiger partial charge in [-0.25, -0.2) is 0 Å². The van der Waals surface area contributed by atoms with E-state index in [1.807, 2.05) is 13.8 Å². The van der Waals surface area contributed by atoms with Crippen molar-refractivity contribution in [3.05, 3.63) is 23.8 Å². The molecule has 20 heavy (non-hydrogen) atoms. The van der Waals surface area contributed by atoms with Crippen molar-refractivity contribution in [1.29, 1.82) is 0 Å². The summed E-state index contributed by atoms with van der Waals surface area (Å²) in [4.78, 5) is 11.6. The van der Waals surface area contributed by atoms with Gasteiger partial charge in [0.2, 0.25) is 0 Å². The maximum atomic E-state index is 12.8. The van der Waals surface area contributed by atoms with Gasteiger partial charge >= 0.3 is 12.1 Å². The molecule has 0 aliphatic rings. The lowest BCUT2D eigenvalue weighted by atomic mass is 10.1. The lowest BCUT2D eigenvalue weighted by Gasteiger charge is -2.13. The number of anilines is 1. The fraction of sp³-hybridized carbons (Fsp3) is 0.500. The first-order chi connectivity index (χ1) is 9.20. The average molecular weight is 289 g/mol. The molecule has 0 spiro atoms. The van der Waals surface area contributed by atoms with Crippen molar-refractivity contribution >= 4 is 11.7 Å². The zero-order valence-electron chi connectivity index (χ0n) is 11.5. The summed E-state index contributed by atoms with van der Waals surface area (Å²) in [7, 11) is 0. The minimum atomic E-state index is -4.58. The molecule has 6 heteroatoms. The highest BCUT2D eigenvalue weighted by Crippen LogP contribution is 2.37. The Morgan fingerprint density at radius 1 is 1.35 bits per heavy atom. The molecule has 0 fully saturated rings. The number of hydrogen-bond acceptors (Lipinski definition) is 3. The fourth-order valence-electron chi connectivity index (χ4n) is 1.69. The van der Waals surface area contributed by atoms with Crippen LogP contribution >= 0.6 is 0 Å². The Kier molecular flexibility index (Phi) is 5.42. The predicted octanol–water partition coefficient (Wildman–Crippen LogP) is 4.02. The minimum absolute atomic E-state index is 0.0876. The van der Waals surface area contributed by atoms with Gasteiger partial charge in [-0.15, -0.1) is 0 Å². The van der Waals surface area contributed by atoms with Crippen LogP contribution in [-0.4, -0.2) is 5.97 Å². The molecule has 112 valence electrons. The van der Waals surface area contributed by atoms with E-state index in [-0.39, 0.29) is 12.1 Å². The Labute approximate surface area is 115 Å². The molecule has 0 aliphatic carbocycles. The molecule has 0 aliphatic heterocycles. The highest BCUT2D eigenvalue weighted by molar-refractivity contribution is 5.73. The topological polar surface area (TPSA) is 52.3 Å². The molecule has 0 bridgehead atoms. The van der Waals surface area contributed by atoms with Crippen molar-refractivity contribution in [1.82, 2.24) is 0 Å². The van der Waals surface area contributed by atoms with Gasteiger partial charge < -0.3 is 10.5 Å². The zero-order valence-corrected chi connectivity index (χ0v) is 11.5. The Bertz CT molecular complexity index is 470. The second-order valence-corrected chi connectivity index (χ2v) is 5.01. The molecule has 1 aromatic rings. The Hall–Kier alpha value is -1.72. The summed E-state index contributed by atoms with van der Waals surface area (Å²) in [6.07, 6.45) is -3.09. The number of esters is 1. The summed E-state index contributed by atoms with van der Waals surface area (Å²) >= 11 is 0. The summed E-state index contributed by atoms with van der Waals surface area (Å²) < 4.78 is 43.1. The number of rotatable bonds is 5. The predicted molar refractivity (Wildman–Crippen MR) is 70.2 cm³/mol. The van der Waals surface area contributed by atoms with Crippen molar-refractivity contribution in [2.24, 2.45) is 5.92 Å². The molecule has 0 atom stereocenters. The number of nitrogen functional groups attached to an aromatic ring is 1. The van der Waals surface area contributed by atoms with Gasteiger partial charge in [-0.3, -0.25) is 4.79 Å². The normalized spacial score (nSPS) is 11.7. The summed E-state index contributed by atoms with van der Waals surface area (Å²) in [6.45, 7) is 4.01. The number of carbonyl (C=O) groups is 1. The van der Waals surface area contributed by atoms with Crippen LogP contribution in [0.3, 0.4) is 0 Å². The van der Waals surface area contributed by atoms with Crippen molar-refractivity contribution in [2.45, 2.75) is 39.3 Å². The van der Waals surface area contributed by atoms with E-state index in [1.54, 1.807) is 0 Å². The number of carbonyl (C=O) groups excluding carboxylic acids is 1. The third-order valence-corrected chi connectivity index (χ3v) is 2.70. The Balaban J connectivity index is 2.76. The number of nitrogens with two attached hydrogens (primary N) is 1. The van der Waals surface area contributed by atoms with Gasteiger partial charge in [-0.2, -0.15) is 13.2 Å². The van der Waals surface area contributed by atoms with Gasteiger partial charge in [0.05, 0.1) is 5.56 Å². The molecule has 1 rings (SSSR count). The molecule has 0 aromatic heterocycles. The van der Waals surface area contributed by atoms with E-state index in [1.165, 1.54) is 0 Å². The van der Waals surface area contributed by atoms with E-state index in [2.05, 4.69) is 0 Å². The number of alkyl halides is 3. The van der Waals surface area contributed by atoms with Crippen molar-refractivity contribution in [3.63, 3.8) is 0 Å². The molecule has 0 saturated carbocycles. The SMILES string of the molecule is CC(C)CCCC(=O)Oc1cc(N)ccc1C(F)(F)F. The van der Waals surface area contributed by atoms with E-state index in [4.69, 9.17) is 10.5 Å². The molecule has 3 nitrogen and oxygen atoms in total. The summed E-state index contributed by atoms with van der Waals surface area (Å²) in [6, 6.07) is 2.95. The molecular weight excluding hydrogens is 271 g/mol. The third kappa shape index (κ3) is 5.11. The first kappa shape index (κ1) is 16.3. The van der Waals surface area contributed by atoms with Crippen molar-refractivity contribution in [2.75, 3.05) is 5.73 Å². The van der Waals surface area contributed by atoms with E-state index in [0.717, 1.165) is 24.6 Å². The van der Waals surface area contributed by atoms with Crippen LogP contribution in [-0.2, 0) is 11.0 Å². The second-order valence-electron chi connectivity index (χ2n) is 5.01. The van der Waals surface area contributed by atoms with Crippen LogP contribution in [0.1, 0.15) is 38.7 Å². The van der Waals surface area contributed by atoms with Crippen LogP contribution in [0, 0.1) is 5.92 Å². The fourth-order valence-corrected chi connectivity index (χ4v) is 1.69. The lowest BCUT2D eigenvalue weighted by molar-refractivity contribution is -0.142. The molecule has 1 aromatic carbocycles. The number of benzene rings is 1. The first-order valence-electron chi connectivity index (χ1n) is 6.37. The van der Waals surface area contributed by atoms with Crippen molar-refractivity contribution in [3.8, 4) is 5.75 Å². The molecule has 0 unspecified atom stereocenters. The second kappa shape index (κ2) is 6.63. The first-order valence-corrected chi connectivity index (χ1v) is 6.37. The van der Waals surface area contributed by atoms with Crippen LogP contribution < -0.4 is 10.5 Å². The number of ether oxygens (including phenoxy) is 1. The Morgan fingerprint density at radius 3 is 2.55 bits per heavy atom. The largest absolute Gasteiger partial charge is 0.426 e. The standard InChI is InChI=1S/C14H18F3NO2/c1-9(2)4-3-5-13(19)20-12-8-10(18)6-7-11(12)14(15,16)17/h6-9H,3-5,18H2,1-2H3. The van der Waals surface area contributed by atoms with E-state index >= 15 is 0 Å². The molecule has 0 heterocycles. The highest BCUT2D eigenvalue weighted by atomic mass is 19.4. The van der Waals surface area contributed by atoms with E-state index in [9.17, 15) is 18.0 Å². The van der Waals surface area contributed by atoms with Gasteiger partial charge in [0.1, 0.15) is 5.75 Å². The van der Waals surface area contributed by atoms with E-state index < -0.39 is 23.5 Å². The summed E-state index contributed by atoms with van der Waals surface area (Å²) in [5, 5.41) is 0. The van der Waals surface area contributed by atoms with Gasteiger partial charge in [0.15, 0.2) is 0 Å². The van der Waals surface area contributed by atoms with Crippen LogP contribution in [0.2, 0.25) is 0 Å². The highest BCUT2D eigenvalue weighted by Gasteiger charge is 2.35. The monoisotopic (exact) mass is 289 g/mol. The lowest BCUT2D eigenvalue weighted by Crippen LogP contribution is -2.14. The minimum Gasteiger partial charge on any atom is -0.426 e. The maximum absolute atomic E-state index is 12.8. The summed E-state index contributed by atoms with van der Waals surface area (Å²) in [5.74, 6) is -0.783. The molecule has 2 N–H and O–H groups in total. The third-order valence-electron chi connectivity index (χ3n) is 2.70. The molecule has 0 saturated heterocycles. The molecule has 0 amide bonds. The van der Waals surface area contributed by atoms with Gasteiger partial charge in [0.25, 0.3) is 0 Å². The average Bonchev–Trinajstić information content (AvgIpc) is 2.26. The summed E-state index contributed by atoms with van der Waals surface area (Å²) in [5.41, 5.74) is 4.55. The quantitative estimate of drug-likeness (QED) is 0.506. The Morgan fingerprint density at radius 2 is 2.00 bits per heavy atom. The molecule has 0 radical (unpaired) electrons. The van der Waals surface area contributed by atoms with Crippen LogP contribution in [0.25, 0.3) is 0 Å².